The number of nitrogens with one attached hydrogen (secondary N) is 1. The third-order valence-electron chi connectivity index (χ3n) is 2.42. The average Bonchev–Trinajstić information content (AvgIpc) is 2.79. The molecule has 1 aromatic carbocycles. The number of nitrogens with zero attached hydrogens (tertiary/aromatic N) is 2. The van der Waals surface area contributed by atoms with E-state index in [4.69, 9.17) is 5.11 Å². The van der Waals surface area contributed by atoms with Gasteiger partial charge in [0.25, 0.3) is 10.0 Å². The summed E-state index contributed by atoms with van der Waals surface area (Å²) in [7, 11) is -2.43. The zero-order valence-corrected chi connectivity index (χ0v) is 11.1. The third kappa shape index (κ3) is 2.77. The second-order valence-electron chi connectivity index (χ2n) is 3.98. The van der Waals surface area contributed by atoms with Gasteiger partial charge in [-0.3, -0.25) is 4.72 Å². The summed E-state index contributed by atoms with van der Waals surface area (Å²) in [5, 5.41) is 8.43. The molecule has 9 heteroatoms. The summed E-state index contributed by atoms with van der Waals surface area (Å²) >= 11 is 0. The van der Waals surface area contributed by atoms with Crippen LogP contribution in [0.1, 0.15) is 10.4 Å². The smallest absolute Gasteiger partial charge is 0.335 e. The first-order chi connectivity index (χ1) is 9.29. The maximum Gasteiger partial charge on any atom is 0.335 e. The van der Waals surface area contributed by atoms with E-state index in [2.05, 4.69) is 4.98 Å². The van der Waals surface area contributed by atoms with Crippen LogP contribution in [0.2, 0.25) is 0 Å². The Morgan fingerprint density at radius 1 is 1.45 bits per heavy atom. The molecule has 2 rings (SSSR count). The fourth-order valence-corrected chi connectivity index (χ4v) is 2.51. The Balaban J connectivity index is 2.32. The lowest BCUT2D eigenvalue weighted by Crippen LogP contribution is -2.14. The van der Waals surface area contributed by atoms with Crippen molar-refractivity contribution < 1.29 is 22.7 Å². The van der Waals surface area contributed by atoms with E-state index in [0.29, 0.717) is 0 Å². The molecule has 0 atom stereocenters. The van der Waals surface area contributed by atoms with Gasteiger partial charge in [-0.25, -0.2) is 14.2 Å². The first kappa shape index (κ1) is 14.0. The predicted molar refractivity (Wildman–Crippen MR) is 67.4 cm³/mol. The molecule has 0 aliphatic rings. The molecule has 0 bridgehead atoms. The highest BCUT2D eigenvalue weighted by molar-refractivity contribution is 7.92. The van der Waals surface area contributed by atoms with Gasteiger partial charge in [-0.1, -0.05) is 0 Å². The van der Waals surface area contributed by atoms with Gasteiger partial charge < -0.3 is 9.67 Å². The fourth-order valence-electron chi connectivity index (χ4n) is 1.46. The molecule has 1 aromatic heterocycles. The van der Waals surface area contributed by atoms with Crippen molar-refractivity contribution in [2.45, 2.75) is 5.03 Å². The monoisotopic (exact) mass is 299 g/mol. The van der Waals surface area contributed by atoms with E-state index in [1.807, 2.05) is 4.72 Å². The van der Waals surface area contributed by atoms with Gasteiger partial charge in [-0.15, -0.1) is 0 Å². The Kier molecular flexibility index (Phi) is 3.45. The number of carboxylic acids is 1. The number of sulfonamides is 1. The minimum atomic E-state index is -4.02. The van der Waals surface area contributed by atoms with Gasteiger partial charge in [0.2, 0.25) is 0 Å². The predicted octanol–water partition coefficient (Wildman–Crippen LogP) is 1.06. The molecule has 0 unspecified atom stereocenters. The number of imidazole rings is 1. The van der Waals surface area contributed by atoms with Gasteiger partial charge in [0.15, 0.2) is 5.03 Å². The zero-order chi connectivity index (χ0) is 14.9. The number of halogens is 1. The Hall–Kier alpha value is -2.42. The topological polar surface area (TPSA) is 101 Å². The number of hydrogen-bond acceptors (Lipinski definition) is 4. The molecule has 0 saturated carbocycles. The van der Waals surface area contributed by atoms with Gasteiger partial charge >= 0.3 is 5.97 Å². The molecule has 2 N–H and O–H groups in total. The highest BCUT2D eigenvalue weighted by atomic mass is 32.2. The minimum absolute atomic E-state index is 0.262. The Morgan fingerprint density at radius 3 is 2.65 bits per heavy atom. The first-order valence-electron chi connectivity index (χ1n) is 5.33. The summed E-state index contributed by atoms with van der Waals surface area (Å²) in [5.74, 6) is -2.28. The van der Waals surface area contributed by atoms with Gasteiger partial charge in [0, 0.05) is 13.2 Å². The molecule has 0 radical (unpaired) electrons. The van der Waals surface area contributed by atoms with Crippen LogP contribution < -0.4 is 4.72 Å². The first-order valence-corrected chi connectivity index (χ1v) is 6.81. The number of aromatic carboxylic acids is 1. The van der Waals surface area contributed by atoms with Crippen LogP contribution in [0.4, 0.5) is 10.1 Å². The summed E-state index contributed by atoms with van der Waals surface area (Å²) in [6.45, 7) is 0. The molecule has 0 aliphatic heterocycles. The van der Waals surface area contributed by atoms with E-state index in [0.717, 1.165) is 18.2 Å². The molecule has 1 heterocycles. The van der Waals surface area contributed by atoms with Gasteiger partial charge in [0.05, 0.1) is 17.6 Å². The van der Waals surface area contributed by atoms with Crippen LogP contribution in [0.15, 0.2) is 35.7 Å². The number of anilines is 1. The van der Waals surface area contributed by atoms with Crippen LogP contribution in [-0.4, -0.2) is 29.0 Å². The number of carbonyl (C=O) groups is 1. The van der Waals surface area contributed by atoms with Gasteiger partial charge in [-0.05, 0) is 18.2 Å². The van der Waals surface area contributed by atoms with E-state index in [1.165, 1.54) is 17.1 Å². The van der Waals surface area contributed by atoms with Crippen molar-refractivity contribution in [2.75, 3.05) is 4.72 Å². The van der Waals surface area contributed by atoms with E-state index in [-0.39, 0.29) is 16.3 Å². The number of hydrogen-bond donors (Lipinski definition) is 2. The lowest BCUT2D eigenvalue weighted by Gasteiger charge is -2.07. The summed E-state index contributed by atoms with van der Waals surface area (Å²) < 4.78 is 40.9. The van der Waals surface area contributed by atoms with Gasteiger partial charge in [-0.2, -0.15) is 8.42 Å². The van der Waals surface area contributed by atoms with Crippen LogP contribution in [0, 0.1) is 5.82 Å². The Labute approximate surface area is 113 Å². The molecular formula is C11H10FN3O4S. The molecule has 106 valence electrons. The molecule has 20 heavy (non-hydrogen) atoms. The van der Waals surface area contributed by atoms with Crippen molar-refractivity contribution in [3.8, 4) is 0 Å². The SMILES string of the molecule is Cn1cnc(S(=O)(=O)Nc2ccc(C(=O)O)cc2F)c1. The normalized spacial score (nSPS) is 11.3. The highest BCUT2D eigenvalue weighted by Crippen LogP contribution is 2.19. The van der Waals surface area contributed by atoms with Crippen molar-refractivity contribution in [1.29, 1.82) is 0 Å². The van der Waals surface area contributed by atoms with Crippen molar-refractivity contribution in [3.63, 3.8) is 0 Å². The molecule has 0 fully saturated rings. The van der Waals surface area contributed by atoms with Crippen molar-refractivity contribution in [2.24, 2.45) is 7.05 Å². The second kappa shape index (κ2) is 4.93. The molecular weight excluding hydrogens is 289 g/mol. The van der Waals surface area contributed by atoms with Crippen molar-refractivity contribution in [1.82, 2.24) is 9.55 Å². The molecule has 0 aliphatic carbocycles. The number of benzene rings is 1. The Morgan fingerprint density at radius 2 is 2.15 bits per heavy atom. The van der Waals surface area contributed by atoms with E-state index in [9.17, 15) is 17.6 Å². The van der Waals surface area contributed by atoms with Crippen LogP contribution in [0.3, 0.4) is 0 Å². The number of carboxylic acid groups (broad SMARTS) is 1. The van der Waals surface area contributed by atoms with Gasteiger partial charge in [0.1, 0.15) is 5.82 Å². The maximum atomic E-state index is 13.6. The second-order valence-corrected chi connectivity index (χ2v) is 5.61. The van der Waals surface area contributed by atoms with Crippen LogP contribution >= 0.6 is 0 Å². The van der Waals surface area contributed by atoms with Crippen molar-refractivity contribution in [3.05, 3.63) is 42.1 Å². The lowest BCUT2D eigenvalue weighted by molar-refractivity contribution is 0.0696. The molecule has 0 spiro atoms. The summed E-state index contributed by atoms with van der Waals surface area (Å²) in [5.41, 5.74) is -0.621. The number of aryl methyl sites for hydroxylation is 1. The quantitative estimate of drug-likeness (QED) is 0.879. The summed E-state index contributed by atoms with van der Waals surface area (Å²) in [6.07, 6.45) is 2.55. The third-order valence-corrected chi connectivity index (χ3v) is 3.67. The van der Waals surface area contributed by atoms with Crippen LogP contribution in [0.5, 0.6) is 0 Å². The standard InChI is InChI=1S/C11H10FN3O4S/c1-15-5-10(13-6-15)20(18,19)14-9-3-2-7(11(16)17)4-8(9)12/h2-6,14H,1H3,(H,16,17). The summed E-state index contributed by atoms with van der Waals surface area (Å²) in [4.78, 5) is 14.3. The van der Waals surface area contributed by atoms with E-state index in [1.54, 1.807) is 7.05 Å². The number of aromatic nitrogens is 2. The van der Waals surface area contributed by atoms with Crippen LogP contribution in [0.25, 0.3) is 0 Å². The van der Waals surface area contributed by atoms with E-state index >= 15 is 0 Å². The molecule has 0 amide bonds. The minimum Gasteiger partial charge on any atom is -0.478 e. The number of rotatable bonds is 4. The summed E-state index contributed by atoms with van der Waals surface area (Å²) in [6, 6.07) is 2.87. The zero-order valence-electron chi connectivity index (χ0n) is 10.2. The molecule has 0 saturated heterocycles. The van der Waals surface area contributed by atoms with E-state index < -0.39 is 21.8 Å². The molecule has 2 aromatic rings. The van der Waals surface area contributed by atoms with Crippen molar-refractivity contribution >= 4 is 21.7 Å². The van der Waals surface area contributed by atoms with Crippen LogP contribution in [-0.2, 0) is 17.1 Å². The average molecular weight is 299 g/mol. The fraction of sp³-hybridized carbons (Fsp3) is 0.0909. The molecule has 7 nitrogen and oxygen atoms in total. The maximum absolute atomic E-state index is 13.6. The lowest BCUT2D eigenvalue weighted by atomic mass is 10.2. The highest BCUT2D eigenvalue weighted by Gasteiger charge is 2.19. The Bertz CT molecular complexity index is 770. The largest absolute Gasteiger partial charge is 0.478 e.